The number of nitriles is 1. The second-order valence-corrected chi connectivity index (χ2v) is 5.76. The van der Waals surface area contributed by atoms with E-state index in [-0.39, 0.29) is 17.1 Å². The molecular formula is C19H17ClN2O4. The SMILES string of the molecule is COc1cc(/C=C(\C#N)C(=O)Nc2cc(C)c(Cl)cc2OC)ccc1O. The minimum absolute atomic E-state index is 0.0333. The fourth-order valence-electron chi connectivity index (χ4n) is 2.22. The number of halogens is 1. The molecule has 0 aliphatic heterocycles. The molecule has 0 atom stereocenters. The fourth-order valence-corrected chi connectivity index (χ4v) is 2.37. The van der Waals surface area contributed by atoms with Gasteiger partial charge < -0.3 is 19.9 Å². The van der Waals surface area contributed by atoms with Crippen molar-refractivity contribution in [1.29, 1.82) is 5.26 Å². The van der Waals surface area contributed by atoms with E-state index in [1.165, 1.54) is 32.4 Å². The molecule has 26 heavy (non-hydrogen) atoms. The molecule has 0 spiro atoms. The molecule has 0 aliphatic rings. The predicted octanol–water partition coefficient (Wildman–Crippen LogP) is 3.92. The van der Waals surface area contributed by atoms with Crippen LogP contribution in [0.3, 0.4) is 0 Å². The molecule has 0 aliphatic carbocycles. The van der Waals surface area contributed by atoms with E-state index >= 15 is 0 Å². The van der Waals surface area contributed by atoms with Crippen LogP contribution in [0.2, 0.25) is 5.02 Å². The summed E-state index contributed by atoms with van der Waals surface area (Å²) in [4.78, 5) is 12.5. The standard InChI is InChI=1S/C19H17ClN2O4/c1-11-6-15(17(25-2)9-14(11)20)22-19(24)13(10-21)7-12-4-5-16(23)18(8-12)26-3/h4-9,23H,1-3H3,(H,22,24)/b13-7+. The number of phenols is 1. The lowest BCUT2D eigenvalue weighted by Crippen LogP contribution is -2.14. The van der Waals surface area contributed by atoms with Crippen LogP contribution >= 0.6 is 11.6 Å². The van der Waals surface area contributed by atoms with E-state index in [1.807, 2.05) is 6.07 Å². The first-order valence-corrected chi connectivity index (χ1v) is 7.91. The maximum Gasteiger partial charge on any atom is 0.266 e. The molecule has 0 unspecified atom stereocenters. The maximum absolute atomic E-state index is 12.5. The van der Waals surface area contributed by atoms with Gasteiger partial charge in [0.25, 0.3) is 5.91 Å². The van der Waals surface area contributed by atoms with Crippen LogP contribution in [-0.4, -0.2) is 25.2 Å². The molecule has 134 valence electrons. The van der Waals surface area contributed by atoms with Gasteiger partial charge in [0.15, 0.2) is 11.5 Å². The molecule has 7 heteroatoms. The summed E-state index contributed by atoms with van der Waals surface area (Å²) in [6.07, 6.45) is 1.40. The van der Waals surface area contributed by atoms with E-state index in [0.29, 0.717) is 22.0 Å². The summed E-state index contributed by atoms with van der Waals surface area (Å²) in [5.41, 5.74) is 1.58. The van der Waals surface area contributed by atoms with Gasteiger partial charge in [0.05, 0.1) is 19.9 Å². The number of nitrogens with zero attached hydrogens (tertiary/aromatic N) is 1. The Bertz CT molecular complexity index is 916. The van der Waals surface area contributed by atoms with E-state index in [2.05, 4.69) is 5.32 Å². The van der Waals surface area contributed by atoms with Crippen molar-refractivity contribution in [2.45, 2.75) is 6.92 Å². The van der Waals surface area contributed by atoms with Crippen molar-refractivity contribution in [3.8, 4) is 23.3 Å². The zero-order valence-electron chi connectivity index (χ0n) is 14.5. The molecule has 1 amide bonds. The third kappa shape index (κ3) is 4.26. The Morgan fingerprint density at radius 2 is 1.92 bits per heavy atom. The highest BCUT2D eigenvalue weighted by molar-refractivity contribution is 6.31. The lowest BCUT2D eigenvalue weighted by molar-refractivity contribution is -0.112. The Balaban J connectivity index is 2.33. The molecule has 0 fully saturated rings. The summed E-state index contributed by atoms with van der Waals surface area (Å²) in [6, 6.07) is 9.63. The van der Waals surface area contributed by atoms with E-state index in [4.69, 9.17) is 21.1 Å². The molecule has 2 aromatic carbocycles. The first-order chi connectivity index (χ1) is 12.4. The van der Waals surface area contributed by atoms with Gasteiger partial charge in [-0.05, 0) is 42.3 Å². The monoisotopic (exact) mass is 372 g/mol. The molecule has 6 nitrogen and oxygen atoms in total. The van der Waals surface area contributed by atoms with Crippen molar-refractivity contribution in [3.63, 3.8) is 0 Å². The van der Waals surface area contributed by atoms with Gasteiger partial charge >= 0.3 is 0 Å². The molecule has 0 bridgehead atoms. The number of rotatable bonds is 5. The highest BCUT2D eigenvalue weighted by atomic mass is 35.5. The number of hydrogen-bond donors (Lipinski definition) is 2. The summed E-state index contributed by atoms with van der Waals surface area (Å²) in [6.45, 7) is 1.79. The van der Waals surface area contributed by atoms with Crippen LogP contribution in [-0.2, 0) is 4.79 Å². The third-order valence-corrected chi connectivity index (χ3v) is 4.02. The lowest BCUT2D eigenvalue weighted by atomic mass is 10.1. The van der Waals surface area contributed by atoms with Gasteiger partial charge in [0, 0.05) is 11.1 Å². The Labute approximate surface area is 156 Å². The van der Waals surface area contributed by atoms with Crippen molar-refractivity contribution in [3.05, 3.63) is 52.1 Å². The third-order valence-electron chi connectivity index (χ3n) is 3.61. The average Bonchev–Trinajstić information content (AvgIpc) is 2.63. The highest BCUT2D eigenvalue weighted by Crippen LogP contribution is 2.31. The van der Waals surface area contributed by atoms with Crippen molar-refractivity contribution in [2.75, 3.05) is 19.5 Å². The number of carbonyl (C=O) groups is 1. The van der Waals surface area contributed by atoms with Gasteiger partial charge in [0.1, 0.15) is 17.4 Å². The van der Waals surface area contributed by atoms with Gasteiger partial charge in [-0.3, -0.25) is 4.79 Å². The summed E-state index contributed by atoms with van der Waals surface area (Å²) in [7, 11) is 2.87. The van der Waals surface area contributed by atoms with Gasteiger partial charge in [-0.1, -0.05) is 17.7 Å². The second-order valence-electron chi connectivity index (χ2n) is 5.36. The summed E-state index contributed by atoms with van der Waals surface area (Å²) >= 11 is 6.05. The minimum atomic E-state index is -0.598. The Morgan fingerprint density at radius 1 is 1.23 bits per heavy atom. The summed E-state index contributed by atoms with van der Waals surface area (Å²) in [5, 5.41) is 22.1. The van der Waals surface area contributed by atoms with Crippen LogP contribution in [0.1, 0.15) is 11.1 Å². The number of methoxy groups -OCH3 is 2. The van der Waals surface area contributed by atoms with Crippen LogP contribution in [0, 0.1) is 18.3 Å². The van der Waals surface area contributed by atoms with Crippen LogP contribution < -0.4 is 14.8 Å². The Hall–Kier alpha value is -3.17. The highest BCUT2D eigenvalue weighted by Gasteiger charge is 2.14. The van der Waals surface area contributed by atoms with Gasteiger partial charge in [0.2, 0.25) is 0 Å². The normalized spacial score (nSPS) is 10.8. The zero-order valence-corrected chi connectivity index (χ0v) is 15.2. The Kier molecular flexibility index (Phi) is 6.10. The number of benzene rings is 2. The topological polar surface area (TPSA) is 91.6 Å². The van der Waals surface area contributed by atoms with Crippen molar-refractivity contribution in [1.82, 2.24) is 0 Å². The second kappa shape index (κ2) is 8.28. The van der Waals surface area contributed by atoms with E-state index in [0.717, 1.165) is 5.56 Å². The molecule has 2 rings (SSSR count). The summed E-state index contributed by atoms with van der Waals surface area (Å²) in [5.74, 6) is -0.00228. The number of nitrogens with one attached hydrogen (secondary N) is 1. The van der Waals surface area contributed by atoms with Crippen molar-refractivity contribution in [2.24, 2.45) is 0 Å². The minimum Gasteiger partial charge on any atom is -0.504 e. The number of amides is 1. The Morgan fingerprint density at radius 3 is 2.54 bits per heavy atom. The molecule has 2 aromatic rings. The van der Waals surface area contributed by atoms with Gasteiger partial charge in [-0.15, -0.1) is 0 Å². The number of aromatic hydroxyl groups is 1. The first-order valence-electron chi connectivity index (χ1n) is 7.54. The number of anilines is 1. The molecule has 0 aromatic heterocycles. The lowest BCUT2D eigenvalue weighted by Gasteiger charge is -2.12. The molecule has 0 saturated carbocycles. The van der Waals surface area contributed by atoms with Crippen molar-refractivity contribution < 1.29 is 19.4 Å². The van der Waals surface area contributed by atoms with E-state index < -0.39 is 5.91 Å². The van der Waals surface area contributed by atoms with Crippen LogP contribution in [0.25, 0.3) is 6.08 Å². The predicted molar refractivity (Wildman–Crippen MR) is 99.6 cm³/mol. The number of carbonyl (C=O) groups excluding carboxylic acids is 1. The number of hydrogen-bond acceptors (Lipinski definition) is 5. The molecular weight excluding hydrogens is 356 g/mol. The van der Waals surface area contributed by atoms with E-state index in [1.54, 1.807) is 25.1 Å². The smallest absolute Gasteiger partial charge is 0.266 e. The number of ether oxygens (including phenoxy) is 2. The largest absolute Gasteiger partial charge is 0.504 e. The molecule has 0 radical (unpaired) electrons. The molecule has 2 N–H and O–H groups in total. The van der Waals surface area contributed by atoms with Crippen molar-refractivity contribution >= 4 is 29.3 Å². The summed E-state index contributed by atoms with van der Waals surface area (Å²) < 4.78 is 10.2. The van der Waals surface area contributed by atoms with Crippen LogP contribution in [0.4, 0.5) is 5.69 Å². The van der Waals surface area contributed by atoms with E-state index in [9.17, 15) is 15.2 Å². The molecule has 0 saturated heterocycles. The quantitative estimate of drug-likeness (QED) is 0.613. The first kappa shape index (κ1) is 19.2. The van der Waals surface area contributed by atoms with Crippen LogP contribution in [0.15, 0.2) is 35.9 Å². The number of phenolic OH excluding ortho intramolecular Hbond substituents is 1. The fraction of sp³-hybridized carbons (Fsp3) is 0.158. The zero-order chi connectivity index (χ0) is 19.3. The molecule has 0 heterocycles. The van der Waals surface area contributed by atoms with Crippen LogP contribution in [0.5, 0.6) is 17.2 Å². The van der Waals surface area contributed by atoms with Gasteiger partial charge in [-0.2, -0.15) is 5.26 Å². The maximum atomic E-state index is 12.5. The van der Waals surface area contributed by atoms with Gasteiger partial charge in [-0.25, -0.2) is 0 Å². The number of aryl methyl sites for hydroxylation is 1. The average molecular weight is 373 g/mol.